The van der Waals surface area contributed by atoms with Gasteiger partial charge in [0.1, 0.15) is 0 Å². The zero-order chi connectivity index (χ0) is 14.0. The van der Waals surface area contributed by atoms with Crippen molar-refractivity contribution in [3.8, 4) is 0 Å². The van der Waals surface area contributed by atoms with Gasteiger partial charge in [-0.2, -0.15) is 0 Å². The Hall–Kier alpha value is -0.770. The first kappa shape index (κ1) is 14.6. The predicted octanol–water partition coefficient (Wildman–Crippen LogP) is 3.53. The minimum atomic E-state index is -0.144. The van der Waals surface area contributed by atoms with E-state index in [2.05, 4.69) is 11.8 Å². The SMILES string of the molecule is CC1(C(=N)N)CCN(Cc2cccc(Cl)c2Cl)CC1. The lowest BCUT2D eigenvalue weighted by atomic mass is 9.79. The third-order valence-corrected chi connectivity index (χ3v) is 4.89. The average Bonchev–Trinajstić information content (AvgIpc) is 2.37. The second-order valence-electron chi connectivity index (χ2n) is 5.46. The van der Waals surface area contributed by atoms with Gasteiger partial charge in [0.25, 0.3) is 0 Å². The van der Waals surface area contributed by atoms with Crippen molar-refractivity contribution in [3.05, 3.63) is 33.8 Å². The molecule has 0 bridgehead atoms. The van der Waals surface area contributed by atoms with E-state index in [1.807, 2.05) is 12.1 Å². The molecule has 1 aliphatic heterocycles. The summed E-state index contributed by atoms with van der Waals surface area (Å²) < 4.78 is 0. The fourth-order valence-corrected chi connectivity index (χ4v) is 2.77. The molecule has 104 valence electrons. The zero-order valence-electron chi connectivity index (χ0n) is 11.0. The smallest absolute Gasteiger partial charge is 0.0966 e. The largest absolute Gasteiger partial charge is 0.387 e. The van der Waals surface area contributed by atoms with E-state index in [0.717, 1.165) is 38.0 Å². The molecule has 3 nitrogen and oxygen atoms in total. The van der Waals surface area contributed by atoms with Crippen LogP contribution < -0.4 is 5.73 Å². The number of nitrogens with one attached hydrogen (secondary N) is 1. The van der Waals surface area contributed by atoms with Crippen LogP contribution in [0.2, 0.25) is 10.0 Å². The van der Waals surface area contributed by atoms with Crippen molar-refractivity contribution >= 4 is 29.0 Å². The minimum absolute atomic E-state index is 0.144. The number of hydrogen-bond donors (Lipinski definition) is 2. The average molecular weight is 300 g/mol. The number of amidine groups is 1. The topological polar surface area (TPSA) is 53.1 Å². The number of benzene rings is 1. The van der Waals surface area contributed by atoms with Gasteiger partial charge in [-0.15, -0.1) is 0 Å². The summed E-state index contributed by atoms with van der Waals surface area (Å²) in [6, 6.07) is 5.73. The summed E-state index contributed by atoms with van der Waals surface area (Å²) in [6.45, 7) is 4.73. The third-order valence-electron chi connectivity index (χ3n) is 4.04. The number of likely N-dealkylation sites (tertiary alicyclic amines) is 1. The highest BCUT2D eigenvalue weighted by atomic mass is 35.5. The standard InChI is InChI=1S/C14H19Cl2N3/c1-14(13(17)18)5-7-19(8-6-14)9-10-3-2-4-11(15)12(10)16/h2-4H,5-9H2,1H3,(H3,17,18). The maximum atomic E-state index is 7.66. The highest BCUT2D eigenvalue weighted by Crippen LogP contribution is 2.32. The first-order chi connectivity index (χ1) is 8.92. The molecule has 0 spiro atoms. The lowest BCUT2D eigenvalue weighted by molar-refractivity contribution is 0.156. The molecule has 1 saturated heterocycles. The Morgan fingerprint density at radius 1 is 1.37 bits per heavy atom. The van der Waals surface area contributed by atoms with E-state index < -0.39 is 0 Å². The van der Waals surface area contributed by atoms with Crippen molar-refractivity contribution in [3.63, 3.8) is 0 Å². The molecule has 1 heterocycles. The molecule has 2 rings (SSSR count). The Kier molecular flexibility index (Phi) is 4.39. The number of rotatable bonds is 3. The predicted molar refractivity (Wildman–Crippen MR) is 81.0 cm³/mol. The van der Waals surface area contributed by atoms with Gasteiger partial charge in [-0.3, -0.25) is 10.3 Å². The van der Waals surface area contributed by atoms with Crippen LogP contribution in [0.15, 0.2) is 18.2 Å². The van der Waals surface area contributed by atoms with Gasteiger partial charge in [0.2, 0.25) is 0 Å². The van der Waals surface area contributed by atoms with Crippen LogP contribution >= 0.6 is 23.2 Å². The second-order valence-corrected chi connectivity index (χ2v) is 6.25. The Bertz CT molecular complexity index is 480. The summed E-state index contributed by atoms with van der Waals surface area (Å²) in [6.07, 6.45) is 1.83. The third kappa shape index (κ3) is 3.22. The molecule has 5 heteroatoms. The van der Waals surface area contributed by atoms with Crippen LogP contribution in [0.1, 0.15) is 25.3 Å². The summed E-state index contributed by atoms with van der Waals surface area (Å²) in [5.74, 6) is 0.299. The molecular formula is C14H19Cl2N3. The van der Waals surface area contributed by atoms with Crippen molar-refractivity contribution < 1.29 is 0 Å². The Morgan fingerprint density at radius 2 is 2.00 bits per heavy atom. The Balaban J connectivity index is 2.00. The molecule has 0 unspecified atom stereocenters. The molecule has 19 heavy (non-hydrogen) atoms. The van der Waals surface area contributed by atoms with Crippen LogP contribution in [0.25, 0.3) is 0 Å². The summed E-state index contributed by atoms with van der Waals surface area (Å²) in [7, 11) is 0. The van der Waals surface area contributed by atoms with Crippen LogP contribution in [0, 0.1) is 10.8 Å². The number of halogens is 2. The van der Waals surface area contributed by atoms with E-state index in [1.54, 1.807) is 6.07 Å². The number of piperidine rings is 1. The molecule has 1 aromatic rings. The number of hydrogen-bond acceptors (Lipinski definition) is 2. The summed E-state index contributed by atoms with van der Waals surface area (Å²) >= 11 is 12.2. The normalized spacial score (nSPS) is 19.3. The Morgan fingerprint density at radius 3 is 2.58 bits per heavy atom. The van der Waals surface area contributed by atoms with Gasteiger partial charge >= 0.3 is 0 Å². The van der Waals surface area contributed by atoms with Crippen LogP contribution in [0.3, 0.4) is 0 Å². The molecule has 3 N–H and O–H groups in total. The summed E-state index contributed by atoms with van der Waals surface area (Å²) in [4.78, 5) is 2.34. The molecule has 0 saturated carbocycles. The van der Waals surface area contributed by atoms with Crippen LogP contribution in [-0.2, 0) is 6.54 Å². The zero-order valence-corrected chi connectivity index (χ0v) is 12.6. The quantitative estimate of drug-likeness (QED) is 0.663. The second kappa shape index (κ2) is 5.70. The van der Waals surface area contributed by atoms with Crippen molar-refractivity contribution in [1.29, 1.82) is 5.41 Å². The van der Waals surface area contributed by atoms with Gasteiger partial charge in [-0.1, -0.05) is 42.3 Å². The monoisotopic (exact) mass is 299 g/mol. The van der Waals surface area contributed by atoms with Crippen molar-refractivity contribution in [2.75, 3.05) is 13.1 Å². The lowest BCUT2D eigenvalue weighted by Gasteiger charge is -2.38. The first-order valence-electron chi connectivity index (χ1n) is 6.42. The molecule has 1 aromatic carbocycles. The van der Waals surface area contributed by atoms with E-state index in [-0.39, 0.29) is 5.41 Å². The lowest BCUT2D eigenvalue weighted by Crippen LogP contribution is -2.44. The van der Waals surface area contributed by atoms with Crippen molar-refractivity contribution in [1.82, 2.24) is 4.90 Å². The Labute approximate surface area is 124 Å². The van der Waals surface area contributed by atoms with E-state index >= 15 is 0 Å². The molecular weight excluding hydrogens is 281 g/mol. The van der Waals surface area contributed by atoms with Gasteiger partial charge in [-0.25, -0.2) is 0 Å². The van der Waals surface area contributed by atoms with Crippen LogP contribution in [0.5, 0.6) is 0 Å². The fraction of sp³-hybridized carbons (Fsp3) is 0.500. The minimum Gasteiger partial charge on any atom is -0.387 e. The van der Waals surface area contributed by atoms with Crippen LogP contribution in [0.4, 0.5) is 0 Å². The van der Waals surface area contributed by atoms with E-state index in [0.29, 0.717) is 15.9 Å². The molecule has 0 amide bonds. The number of nitrogens with zero attached hydrogens (tertiary/aromatic N) is 1. The highest BCUT2D eigenvalue weighted by molar-refractivity contribution is 6.42. The maximum Gasteiger partial charge on any atom is 0.0966 e. The molecule has 0 aliphatic carbocycles. The molecule has 0 atom stereocenters. The summed E-state index contributed by atoms with van der Waals surface area (Å²) in [5, 5.41) is 8.90. The van der Waals surface area contributed by atoms with E-state index in [1.165, 1.54) is 0 Å². The van der Waals surface area contributed by atoms with Gasteiger partial charge in [-0.05, 0) is 37.6 Å². The van der Waals surface area contributed by atoms with E-state index in [9.17, 15) is 0 Å². The first-order valence-corrected chi connectivity index (χ1v) is 7.18. The molecule has 1 aliphatic rings. The van der Waals surface area contributed by atoms with Crippen molar-refractivity contribution in [2.45, 2.75) is 26.3 Å². The van der Waals surface area contributed by atoms with Gasteiger partial charge in [0.15, 0.2) is 0 Å². The van der Waals surface area contributed by atoms with Crippen molar-refractivity contribution in [2.24, 2.45) is 11.1 Å². The van der Waals surface area contributed by atoms with E-state index in [4.69, 9.17) is 34.3 Å². The molecule has 0 aromatic heterocycles. The van der Waals surface area contributed by atoms with Gasteiger partial charge in [0, 0.05) is 12.0 Å². The van der Waals surface area contributed by atoms with Gasteiger partial charge in [0.05, 0.1) is 15.9 Å². The fourth-order valence-electron chi connectivity index (χ4n) is 2.39. The molecule has 0 radical (unpaired) electrons. The van der Waals surface area contributed by atoms with Crippen LogP contribution in [-0.4, -0.2) is 23.8 Å². The maximum absolute atomic E-state index is 7.66. The highest BCUT2D eigenvalue weighted by Gasteiger charge is 2.32. The molecule has 1 fully saturated rings. The number of nitrogens with two attached hydrogens (primary N) is 1. The van der Waals surface area contributed by atoms with Gasteiger partial charge < -0.3 is 5.73 Å². The summed E-state index contributed by atoms with van der Waals surface area (Å²) in [5.41, 5.74) is 6.58.